The summed E-state index contributed by atoms with van der Waals surface area (Å²) in [5.41, 5.74) is -0.903. The summed E-state index contributed by atoms with van der Waals surface area (Å²) in [5.74, 6) is 0. The monoisotopic (exact) mass is 118 g/mol. The first-order chi connectivity index (χ1) is 3.50. The third-order valence-corrected chi connectivity index (χ3v) is 1.62. The van der Waals surface area contributed by atoms with Crippen LogP contribution in [-0.4, -0.2) is 21.9 Å². The number of hydrogen-bond donors (Lipinski definition) is 2. The molecule has 0 aliphatic heterocycles. The van der Waals surface area contributed by atoms with Crippen LogP contribution in [0.25, 0.3) is 0 Å². The first kappa shape index (κ1) is 7.92. The smallest absolute Gasteiger partial charge is 0.0872 e. The third kappa shape index (κ3) is 1.80. The fourth-order valence-corrected chi connectivity index (χ4v) is 0.295. The van der Waals surface area contributed by atoms with Crippen LogP contribution in [0.1, 0.15) is 27.2 Å². The van der Waals surface area contributed by atoms with Crippen molar-refractivity contribution in [1.29, 1.82) is 0 Å². The van der Waals surface area contributed by atoms with Gasteiger partial charge in [0.05, 0.1) is 11.7 Å². The molecule has 0 spiro atoms. The molecule has 2 heteroatoms. The van der Waals surface area contributed by atoms with E-state index < -0.39 is 11.7 Å². The normalized spacial score (nSPS) is 22.1. The molecule has 0 saturated carbocycles. The second-order valence-electron chi connectivity index (χ2n) is 2.39. The van der Waals surface area contributed by atoms with E-state index in [1.807, 2.05) is 6.92 Å². The van der Waals surface area contributed by atoms with Crippen LogP contribution in [0.3, 0.4) is 0 Å². The summed E-state index contributed by atoms with van der Waals surface area (Å²) in [6, 6.07) is 0. The molecule has 0 aliphatic carbocycles. The van der Waals surface area contributed by atoms with Gasteiger partial charge in [-0.05, 0) is 20.3 Å². The molecule has 0 rings (SSSR count). The van der Waals surface area contributed by atoms with Crippen molar-refractivity contribution < 1.29 is 10.2 Å². The Kier molecular flexibility index (Phi) is 2.44. The van der Waals surface area contributed by atoms with Crippen molar-refractivity contribution >= 4 is 0 Å². The van der Waals surface area contributed by atoms with E-state index in [2.05, 4.69) is 0 Å². The van der Waals surface area contributed by atoms with Crippen molar-refractivity contribution in [2.45, 2.75) is 38.9 Å². The van der Waals surface area contributed by atoms with E-state index in [9.17, 15) is 0 Å². The highest BCUT2D eigenvalue weighted by atomic mass is 16.3. The molecule has 0 heterocycles. The van der Waals surface area contributed by atoms with Crippen molar-refractivity contribution in [2.24, 2.45) is 0 Å². The molecule has 50 valence electrons. The zero-order chi connectivity index (χ0) is 6.78. The lowest BCUT2D eigenvalue weighted by Crippen LogP contribution is -2.35. The van der Waals surface area contributed by atoms with Crippen LogP contribution in [0, 0.1) is 0 Å². The van der Waals surface area contributed by atoms with E-state index in [4.69, 9.17) is 10.2 Å². The Morgan fingerprint density at radius 1 is 1.62 bits per heavy atom. The molecular formula is C6H14O2. The quantitative estimate of drug-likeness (QED) is 0.555. The number of aliphatic hydroxyl groups is 2. The van der Waals surface area contributed by atoms with Gasteiger partial charge in [-0.1, -0.05) is 6.92 Å². The highest BCUT2D eigenvalue weighted by Crippen LogP contribution is 2.12. The molecule has 0 bridgehead atoms. The Morgan fingerprint density at radius 2 is 2.00 bits per heavy atom. The second kappa shape index (κ2) is 2.46. The van der Waals surface area contributed by atoms with Crippen LogP contribution in [0.2, 0.25) is 0 Å². The lowest BCUT2D eigenvalue weighted by atomic mass is 9.98. The molecule has 2 N–H and O–H groups in total. The SMILES string of the molecule is CCC(C)(O)C(C)O. The maximum atomic E-state index is 9.15. The fourth-order valence-electron chi connectivity index (χ4n) is 0.295. The zero-order valence-electron chi connectivity index (χ0n) is 5.68. The molecule has 0 aromatic heterocycles. The van der Waals surface area contributed by atoms with Gasteiger partial charge in [-0.2, -0.15) is 0 Å². The molecule has 0 aliphatic rings. The first-order valence-electron chi connectivity index (χ1n) is 2.91. The summed E-state index contributed by atoms with van der Waals surface area (Å²) in [6.07, 6.45) is -0.0440. The molecule has 2 atom stereocenters. The van der Waals surface area contributed by atoms with Crippen molar-refractivity contribution in [2.75, 3.05) is 0 Å². The number of rotatable bonds is 2. The Hall–Kier alpha value is -0.0800. The van der Waals surface area contributed by atoms with Gasteiger partial charge in [0, 0.05) is 0 Å². The van der Waals surface area contributed by atoms with Crippen molar-refractivity contribution in [3.05, 3.63) is 0 Å². The molecule has 0 amide bonds. The van der Waals surface area contributed by atoms with Gasteiger partial charge in [0.1, 0.15) is 0 Å². The van der Waals surface area contributed by atoms with E-state index in [-0.39, 0.29) is 0 Å². The molecule has 2 unspecified atom stereocenters. The van der Waals surface area contributed by atoms with Gasteiger partial charge in [-0.3, -0.25) is 0 Å². The molecule has 0 aromatic carbocycles. The highest BCUT2D eigenvalue weighted by molar-refractivity contribution is 4.75. The largest absolute Gasteiger partial charge is 0.390 e. The predicted octanol–water partition coefficient (Wildman–Crippen LogP) is 0.528. The molecule has 2 nitrogen and oxygen atoms in total. The summed E-state index contributed by atoms with van der Waals surface area (Å²) in [6.45, 7) is 5.05. The molecule has 0 aromatic rings. The van der Waals surface area contributed by atoms with Gasteiger partial charge in [0.15, 0.2) is 0 Å². The summed E-state index contributed by atoms with van der Waals surface area (Å²) in [7, 11) is 0. The Balaban J connectivity index is 3.71. The Labute approximate surface area is 50.2 Å². The summed E-state index contributed by atoms with van der Waals surface area (Å²) in [5, 5.41) is 18.0. The van der Waals surface area contributed by atoms with Gasteiger partial charge in [0.2, 0.25) is 0 Å². The van der Waals surface area contributed by atoms with Crippen LogP contribution in [-0.2, 0) is 0 Å². The Morgan fingerprint density at radius 3 is 2.00 bits per heavy atom. The van der Waals surface area contributed by atoms with Crippen molar-refractivity contribution in [1.82, 2.24) is 0 Å². The van der Waals surface area contributed by atoms with Crippen LogP contribution < -0.4 is 0 Å². The van der Waals surface area contributed by atoms with Crippen LogP contribution in [0.5, 0.6) is 0 Å². The molecule has 8 heavy (non-hydrogen) atoms. The summed E-state index contributed by atoms with van der Waals surface area (Å²) < 4.78 is 0. The summed E-state index contributed by atoms with van der Waals surface area (Å²) in [4.78, 5) is 0. The van der Waals surface area contributed by atoms with Gasteiger partial charge in [-0.25, -0.2) is 0 Å². The standard InChI is InChI=1S/C6H14O2/c1-4-6(3,8)5(2)7/h5,7-8H,4H2,1-3H3. The van der Waals surface area contributed by atoms with E-state index in [1.54, 1.807) is 13.8 Å². The van der Waals surface area contributed by atoms with Gasteiger partial charge >= 0.3 is 0 Å². The average molecular weight is 118 g/mol. The van der Waals surface area contributed by atoms with Gasteiger partial charge in [-0.15, -0.1) is 0 Å². The minimum Gasteiger partial charge on any atom is -0.390 e. The minimum absolute atomic E-state index is 0.588. The zero-order valence-corrected chi connectivity index (χ0v) is 5.68. The van der Waals surface area contributed by atoms with E-state index in [1.165, 1.54) is 0 Å². The fraction of sp³-hybridized carbons (Fsp3) is 1.00. The van der Waals surface area contributed by atoms with E-state index >= 15 is 0 Å². The first-order valence-corrected chi connectivity index (χ1v) is 2.91. The van der Waals surface area contributed by atoms with Gasteiger partial charge < -0.3 is 10.2 Å². The van der Waals surface area contributed by atoms with Crippen LogP contribution >= 0.6 is 0 Å². The van der Waals surface area contributed by atoms with Crippen LogP contribution in [0.4, 0.5) is 0 Å². The molecular weight excluding hydrogens is 104 g/mol. The maximum Gasteiger partial charge on any atom is 0.0872 e. The lowest BCUT2D eigenvalue weighted by molar-refractivity contribution is -0.0541. The van der Waals surface area contributed by atoms with E-state index in [0.29, 0.717) is 6.42 Å². The van der Waals surface area contributed by atoms with Crippen molar-refractivity contribution in [3.8, 4) is 0 Å². The predicted molar refractivity (Wildman–Crippen MR) is 32.6 cm³/mol. The number of hydrogen-bond acceptors (Lipinski definition) is 2. The average Bonchev–Trinajstić information content (AvgIpc) is 1.67. The van der Waals surface area contributed by atoms with Crippen molar-refractivity contribution in [3.63, 3.8) is 0 Å². The Bertz CT molecular complexity index is 66.9. The van der Waals surface area contributed by atoms with E-state index in [0.717, 1.165) is 0 Å². The highest BCUT2D eigenvalue weighted by Gasteiger charge is 2.23. The topological polar surface area (TPSA) is 40.5 Å². The minimum atomic E-state index is -0.903. The lowest BCUT2D eigenvalue weighted by Gasteiger charge is -2.24. The molecule has 0 radical (unpaired) electrons. The maximum absolute atomic E-state index is 9.15. The summed E-state index contributed by atoms with van der Waals surface area (Å²) >= 11 is 0. The van der Waals surface area contributed by atoms with Crippen LogP contribution in [0.15, 0.2) is 0 Å². The number of aliphatic hydroxyl groups excluding tert-OH is 1. The van der Waals surface area contributed by atoms with Gasteiger partial charge in [0.25, 0.3) is 0 Å². The molecule has 0 saturated heterocycles. The molecule has 0 fully saturated rings. The second-order valence-corrected chi connectivity index (χ2v) is 2.39. The third-order valence-electron chi connectivity index (χ3n) is 1.62.